The maximum absolute atomic E-state index is 6.88. The van der Waals surface area contributed by atoms with Crippen LogP contribution in [0.3, 0.4) is 0 Å². The molecule has 0 unspecified atom stereocenters. The third kappa shape index (κ3) is 5.35. The van der Waals surface area contributed by atoms with Crippen LogP contribution in [0.5, 0.6) is 0 Å². The van der Waals surface area contributed by atoms with Crippen LogP contribution in [0.2, 0.25) is 0 Å². The van der Waals surface area contributed by atoms with Crippen LogP contribution in [0.15, 0.2) is 180 Å². The molecule has 7 aromatic carbocycles. The summed E-state index contributed by atoms with van der Waals surface area (Å²) in [6, 6.07) is 60.4. The number of aromatic nitrogens is 3. The number of fused-ring (bicyclic) bond motifs is 3. The standard InChI is InChI=1S/C45H29N3O/c1-5-15-30(16-6-1)34-23-13-24-35(27-34)44-46-43(33-21-11-4-12-22-33)47-45(48-44)38-26-14-25-37-40-29-36(31-17-7-2-8-18-31)28-39(42(40)49-41(37)38)32-19-9-3-10-20-32/h1-29H. The summed E-state index contributed by atoms with van der Waals surface area (Å²) >= 11 is 0. The Morgan fingerprint density at radius 3 is 1.45 bits per heavy atom. The van der Waals surface area contributed by atoms with E-state index in [1.54, 1.807) is 0 Å². The Kier molecular flexibility index (Phi) is 7.10. The van der Waals surface area contributed by atoms with Gasteiger partial charge in [0.25, 0.3) is 0 Å². The molecular formula is C45H29N3O. The van der Waals surface area contributed by atoms with Crippen molar-refractivity contribution in [3.8, 4) is 67.5 Å². The quantitative estimate of drug-likeness (QED) is 0.184. The average molecular weight is 628 g/mol. The van der Waals surface area contributed by atoms with Gasteiger partial charge >= 0.3 is 0 Å². The lowest BCUT2D eigenvalue weighted by Crippen LogP contribution is -2.00. The Morgan fingerprint density at radius 1 is 0.286 bits per heavy atom. The van der Waals surface area contributed by atoms with Gasteiger partial charge in [-0.3, -0.25) is 0 Å². The maximum atomic E-state index is 6.88. The SMILES string of the molecule is c1ccc(-c2cccc(-c3nc(-c4ccccc4)nc(-c4cccc5c4oc4c(-c6ccccc6)cc(-c6ccccc6)cc45)n3)c2)cc1. The molecule has 4 heteroatoms. The minimum Gasteiger partial charge on any atom is -0.455 e. The molecule has 0 aliphatic rings. The predicted octanol–water partition coefficient (Wildman–Crippen LogP) is 11.8. The number of furan rings is 1. The van der Waals surface area contributed by atoms with Crippen molar-refractivity contribution in [1.82, 2.24) is 15.0 Å². The van der Waals surface area contributed by atoms with Gasteiger partial charge in [0, 0.05) is 27.5 Å². The van der Waals surface area contributed by atoms with Gasteiger partial charge in [0.15, 0.2) is 17.5 Å². The minimum atomic E-state index is 0.558. The first-order chi connectivity index (χ1) is 24.3. The molecule has 0 aliphatic carbocycles. The predicted molar refractivity (Wildman–Crippen MR) is 200 cm³/mol. The highest BCUT2D eigenvalue weighted by molar-refractivity contribution is 6.14. The van der Waals surface area contributed by atoms with Gasteiger partial charge in [-0.25, -0.2) is 15.0 Å². The lowest BCUT2D eigenvalue weighted by Gasteiger charge is -2.10. The second-order valence-electron chi connectivity index (χ2n) is 12.0. The fourth-order valence-electron chi connectivity index (χ4n) is 6.52. The van der Waals surface area contributed by atoms with Crippen LogP contribution in [0.25, 0.3) is 89.5 Å². The lowest BCUT2D eigenvalue weighted by atomic mass is 9.95. The molecule has 0 bridgehead atoms. The Labute approximate surface area is 284 Å². The first-order valence-corrected chi connectivity index (χ1v) is 16.4. The summed E-state index contributed by atoms with van der Waals surface area (Å²) in [4.78, 5) is 15.2. The molecule has 0 N–H and O–H groups in total. The van der Waals surface area contributed by atoms with E-state index in [-0.39, 0.29) is 0 Å². The molecule has 0 spiro atoms. The molecule has 49 heavy (non-hydrogen) atoms. The third-order valence-electron chi connectivity index (χ3n) is 8.93. The van der Waals surface area contributed by atoms with E-state index in [0.717, 1.165) is 72.0 Å². The van der Waals surface area contributed by atoms with E-state index in [9.17, 15) is 0 Å². The molecule has 9 rings (SSSR count). The summed E-state index contributed by atoms with van der Waals surface area (Å²) in [5.74, 6) is 1.77. The normalized spacial score (nSPS) is 11.3. The van der Waals surface area contributed by atoms with Gasteiger partial charge in [0.1, 0.15) is 11.2 Å². The second kappa shape index (κ2) is 12.2. The summed E-state index contributed by atoms with van der Waals surface area (Å²) in [5.41, 5.74) is 10.9. The van der Waals surface area contributed by atoms with Crippen LogP contribution >= 0.6 is 0 Å². The molecule has 230 valence electrons. The van der Waals surface area contributed by atoms with Crippen molar-refractivity contribution < 1.29 is 4.42 Å². The smallest absolute Gasteiger partial charge is 0.167 e. The number of rotatable bonds is 6. The van der Waals surface area contributed by atoms with Gasteiger partial charge in [0.2, 0.25) is 0 Å². The molecule has 0 amide bonds. The molecule has 0 fully saturated rings. The zero-order valence-corrected chi connectivity index (χ0v) is 26.5. The van der Waals surface area contributed by atoms with Crippen molar-refractivity contribution in [3.05, 3.63) is 176 Å². The van der Waals surface area contributed by atoms with Crippen LogP contribution in [0.1, 0.15) is 0 Å². The van der Waals surface area contributed by atoms with Crippen molar-refractivity contribution >= 4 is 21.9 Å². The van der Waals surface area contributed by atoms with Crippen LogP contribution in [0.4, 0.5) is 0 Å². The van der Waals surface area contributed by atoms with Gasteiger partial charge in [-0.15, -0.1) is 0 Å². The lowest BCUT2D eigenvalue weighted by molar-refractivity contribution is 0.670. The summed E-state index contributed by atoms with van der Waals surface area (Å²) in [6.45, 7) is 0. The summed E-state index contributed by atoms with van der Waals surface area (Å²) in [5, 5.41) is 2.06. The number of para-hydroxylation sites is 1. The van der Waals surface area contributed by atoms with E-state index in [4.69, 9.17) is 19.4 Å². The van der Waals surface area contributed by atoms with Gasteiger partial charge < -0.3 is 4.42 Å². The summed E-state index contributed by atoms with van der Waals surface area (Å²) < 4.78 is 6.88. The maximum Gasteiger partial charge on any atom is 0.167 e. The first-order valence-electron chi connectivity index (χ1n) is 16.4. The second-order valence-corrected chi connectivity index (χ2v) is 12.0. The third-order valence-corrected chi connectivity index (χ3v) is 8.93. The van der Waals surface area contributed by atoms with Crippen LogP contribution < -0.4 is 0 Å². The zero-order valence-electron chi connectivity index (χ0n) is 26.5. The highest BCUT2D eigenvalue weighted by Gasteiger charge is 2.20. The minimum absolute atomic E-state index is 0.558. The number of nitrogens with zero attached hydrogens (tertiary/aromatic N) is 3. The molecule has 0 atom stereocenters. The highest BCUT2D eigenvalue weighted by atomic mass is 16.3. The molecule has 9 aromatic rings. The van der Waals surface area contributed by atoms with Crippen molar-refractivity contribution in [1.29, 1.82) is 0 Å². The Morgan fingerprint density at radius 2 is 0.776 bits per heavy atom. The molecule has 0 aliphatic heterocycles. The topological polar surface area (TPSA) is 51.8 Å². The fourth-order valence-corrected chi connectivity index (χ4v) is 6.52. The molecule has 4 nitrogen and oxygen atoms in total. The van der Waals surface area contributed by atoms with E-state index in [0.29, 0.717) is 17.5 Å². The van der Waals surface area contributed by atoms with Gasteiger partial charge in [-0.1, -0.05) is 152 Å². The summed E-state index contributed by atoms with van der Waals surface area (Å²) in [7, 11) is 0. The van der Waals surface area contributed by atoms with E-state index < -0.39 is 0 Å². The van der Waals surface area contributed by atoms with Crippen molar-refractivity contribution in [2.24, 2.45) is 0 Å². The Bertz CT molecular complexity index is 2580. The molecule has 2 heterocycles. The molecular weight excluding hydrogens is 599 g/mol. The van der Waals surface area contributed by atoms with Crippen molar-refractivity contribution in [3.63, 3.8) is 0 Å². The fraction of sp³-hybridized carbons (Fsp3) is 0. The van der Waals surface area contributed by atoms with Gasteiger partial charge in [0.05, 0.1) is 5.56 Å². The van der Waals surface area contributed by atoms with E-state index in [1.165, 1.54) is 0 Å². The number of hydrogen-bond donors (Lipinski definition) is 0. The Balaban J connectivity index is 1.28. The van der Waals surface area contributed by atoms with Crippen LogP contribution in [0, 0.1) is 0 Å². The van der Waals surface area contributed by atoms with Gasteiger partial charge in [-0.05, 0) is 52.1 Å². The van der Waals surface area contributed by atoms with Crippen LogP contribution in [-0.4, -0.2) is 15.0 Å². The Hall–Kier alpha value is -6.65. The average Bonchev–Trinajstić information content (AvgIpc) is 3.58. The van der Waals surface area contributed by atoms with Crippen molar-refractivity contribution in [2.45, 2.75) is 0 Å². The zero-order chi connectivity index (χ0) is 32.6. The number of hydrogen-bond acceptors (Lipinski definition) is 4. The van der Waals surface area contributed by atoms with E-state index >= 15 is 0 Å². The van der Waals surface area contributed by atoms with Crippen molar-refractivity contribution in [2.75, 3.05) is 0 Å². The largest absolute Gasteiger partial charge is 0.455 e. The first kappa shape index (κ1) is 28.6. The molecule has 0 radical (unpaired) electrons. The number of benzene rings is 7. The van der Waals surface area contributed by atoms with Gasteiger partial charge in [-0.2, -0.15) is 0 Å². The molecule has 0 saturated carbocycles. The van der Waals surface area contributed by atoms with E-state index in [1.807, 2.05) is 54.6 Å². The van der Waals surface area contributed by atoms with Crippen LogP contribution in [-0.2, 0) is 0 Å². The molecule has 0 saturated heterocycles. The highest BCUT2D eigenvalue weighted by Crippen LogP contribution is 2.42. The van der Waals surface area contributed by atoms with E-state index in [2.05, 4.69) is 121 Å². The summed E-state index contributed by atoms with van der Waals surface area (Å²) in [6.07, 6.45) is 0. The monoisotopic (exact) mass is 627 g/mol. The molecule has 2 aromatic heterocycles.